The molecule has 0 radical (unpaired) electrons. The molecule has 90 valence electrons. The van der Waals surface area contributed by atoms with Crippen LogP contribution in [-0.2, 0) is 9.05 Å². The van der Waals surface area contributed by atoms with E-state index in [0.717, 1.165) is 0 Å². The average Bonchev–Trinajstić information content (AvgIpc) is 2.19. The van der Waals surface area contributed by atoms with Crippen LogP contribution in [0.4, 0.5) is 4.39 Å². The molecule has 1 aromatic rings. The van der Waals surface area contributed by atoms with E-state index in [9.17, 15) is 12.8 Å². The fourth-order valence-corrected chi connectivity index (χ4v) is 2.54. The fourth-order valence-electron chi connectivity index (χ4n) is 1.03. The van der Waals surface area contributed by atoms with Crippen molar-refractivity contribution in [1.82, 2.24) is 0 Å². The molecule has 0 spiro atoms. The van der Waals surface area contributed by atoms with Gasteiger partial charge in [-0.15, -0.1) is 0 Å². The summed E-state index contributed by atoms with van der Waals surface area (Å²) in [6.45, 7) is -0.406. The lowest BCUT2D eigenvalue weighted by Gasteiger charge is -2.08. The molecule has 3 nitrogen and oxygen atoms in total. The average molecular weight is 332 g/mol. The molecule has 0 N–H and O–H groups in total. The Bertz CT molecular complexity index is 464. The van der Waals surface area contributed by atoms with Crippen molar-refractivity contribution in [3.05, 3.63) is 22.7 Å². The second kappa shape index (κ2) is 5.84. The molecular weight excluding hydrogens is 323 g/mol. The molecule has 7 heteroatoms. The van der Waals surface area contributed by atoms with Crippen molar-refractivity contribution in [2.45, 2.75) is 11.3 Å². The summed E-state index contributed by atoms with van der Waals surface area (Å²) in [4.78, 5) is -0.123. The Hall–Kier alpha value is -0.330. The van der Waals surface area contributed by atoms with Crippen LogP contribution < -0.4 is 4.74 Å². The van der Waals surface area contributed by atoms with Crippen molar-refractivity contribution in [2.75, 3.05) is 13.3 Å². The predicted molar refractivity (Wildman–Crippen MR) is 63.3 cm³/mol. The van der Waals surface area contributed by atoms with Crippen LogP contribution in [0.3, 0.4) is 0 Å². The first-order chi connectivity index (χ1) is 7.45. The molecule has 0 bridgehead atoms. The molecular formula is C9H9BrClFO3S. The van der Waals surface area contributed by atoms with E-state index in [1.54, 1.807) is 6.07 Å². The smallest absolute Gasteiger partial charge is 0.265 e. The molecule has 0 heterocycles. The summed E-state index contributed by atoms with van der Waals surface area (Å²) in [5, 5.41) is 0. The predicted octanol–water partition coefficient (Wildman–Crippen LogP) is 3.12. The maximum Gasteiger partial charge on any atom is 0.265 e. The van der Waals surface area contributed by atoms with Crippen LogP contribution in [0.1, 0.15) is 6.42 Å². The van der Waals surface area contributed by atoms with E-state index >= 15 is 0 Å². The third kappa shape index (κ3) is 3.92. The van der Waals surface area contributed by atoms with Crippen molar-refractivity contribution in [3.63, 3.8) is 0 Å². The minimum atomic E-state index is -3.87. The largest absolute Gasteiger partial charge is 0.492 e. The molecule has 0 aromatic heterocycles. The van der Waals surface area contributed by atoms with Crippen LogP contribution in [-0.4, -0.2) is 21.7 Å². The van der Waals surface area contributed by atoms with Crippen molar-refractivity contribution >= 4 is 35.7 Å². The highest BCUT2D eigenvalue weighted by Gasteiger charge is 2.17. The standard InChI is InChI=1S/C9H9BrClFO3S/c10-7-2-3-8(15-5-1-4-12)9(6-7)16(11,13)14/h2-3,6H,1,4-5H2. The number of rotatable bonds is 5. The van der Waals surface area contributed by atoms with Crippen LogP contribution in [0.15, 0.2) is 27.6 Å². The Morgan fingerprint density at radius 3 is 2.69 bits per heavy atom. The first-order valence-electron chi connectivity index (χ1n) is 4.38. The van der Waals surface area contributed by atoms with E-state index in [2.05, 4.69) is 15.9 Å². The van der Waals surface area contributed by atoms with Crippen LogP contribution in [0.2, 0.25) is 0 Å². The van der Waals surface area contributed by atoms with Crippen molar-refractivity contribution in [2.24, 2.45) is 0 Å². The van der Waals surface area contributed by atoms with E-state index in [4.69, 9.17) is 15.4 Å². The van der Waals surface area contributed by atoms with Gasteiger partial charge in [0.05, 0.1) is 13.3 Å². The Labute approximate surface area is 106 Å². The van der Waals surface area contributed by atoms with Gasteiger partial charge in [0, 0.05) is 21.6 Å². The summed E-state index contributed by atoms with van der Waals surface area (Å²) in [7, 11) is 1.38. The lowest BCUT2D eigenvalue weighted by atomic mass is 10.3. The number of hydrogen-bond acceptors (Lipinski definition) is 3. The third-order valence-corrected chi connectivity index (χ3v) is 3.54. The van der Waals surface area contributed by atoms with Crippen LogP contribution >= 0.6 is 26.6 Å². The highest BCUT2D eigenvalue weighted by atomic mass is 79.9. The summed E-state index contributed by atoms with van der Waals surface area (Å²) in [5.74, 6) is 0.131. The number of alkyl halides is 1. The molecule has 0 fully saturated rings. The lowest BCUT2D eigenvalue weighted by Crippen LogP contribution is -2.02. The third-order valence-electron chi connectivity index (χ3n) is 1.70. The molecule has 0 saturated carbocycles. The molecule has 0 aliphatic heterocycles. The summed E-state index contributed by atoms with van der Waals surface area (Å²) < 4.78 is 40.0. The second-order valence-electron chi connectivity index (χ2n) is 2.92. The molecule has 0 amide bonds. The quantitative estimate of drug-likeness (QED) is 0.615. The molecule has 1 aromatic carbocycles. The van der Waals surface area contributed by atoms with Gasteiger partial charge in [0.2, 0.25) is 0 Å². The SMILES string of the molecule is O=S(=O)(Cl)c1cc(Br)ccc1OCCCF. The fraction of sp³-hybridized carbons (Fsp3) is 0.333. The molecule has 0 saturated heterocycles. The van der Waals surface area contributed by atoms with E-state index in [0.29, 0.717) is 4.47 Å². The first-order valence-corrected chi connectivity index (χ1v) is 7.48. The van der Waals surface area contributed by atoms with E-state index in [1.807, 2.05) is 0 Å². The summed E-state index contributed by atoms with van der Waals surface area (Å²) in [6.07, 6.45) is 0.206. The Morgan fingerprint density at radius 2 is 2.12 bits per heavy atom. The maximum atomic E-state index is 11.9. The normalized spacial score (nSPS) is 11.4. The van der Waals surface area contributed by atoms with E-state index < -0.39 is 15.7 Å². The van der Waals surface area contributed by atoms with Gasteiger partial charge < -0.3 is 4.74 Å². The number of benzene rings is 1. The van der Waals surface area contributed by atoms with Crippen LogP contribution in [0.25, 0.3) is 0 Å². The zero-order valence-corrected chi connectivity index (χ0v) is 11.3. The van der Waals surface area contributed by atoms with E-state index in [1.165, 1.54) is 12.1 Å². The minimum Gasteiger partial charge on any atom is -0.492 e. The van der Waals surface area contributed by atoms with Gasteiger partial charge in [-0.25, -0.2) is 8.42 Å². The monoisotopic (exact) mass is 330 g/mol. The van der Waals surface area contributed by atoms with Gasteiger partial charge in [-0.2, -0.15) is 0 Å². The van der Waals surface area contributed by atoms with Crippen molar-refractivity contribution < 1.29 is 17.5 Å². The highest BCUT2D eigenvalue weighted by Crippen LogP contribution is 2.30. The molecule has 0 aliphatic rings. The van der Waals surface area contributed by atoms with Gasteiger partial charge >= 0.3 is 0 Å². The van der Waals surface area contributed by atoms with Gasteiger partial charge in [-0.1, -0.05) is 15.9 Å². The van der Waals surface area contributed by atoms with Crippen LogP contribution in [0.5, 0.6) is 5.75 Å². The second-order valence-corrected chi connectivity index (χ2v) is 6.37. The zero-order chi connectivity index (χ0) is 12.2. The van der Waals surface area contributed by atoms with Gasteiger partial charge in [0.25, 0.3) is 9.05 Å². The van der Waals surface area contributed by atoms with Gasteiger partial charge in [0.15, 0.2) is 0 Å². The van der Waals surface area contributed by atoms with Crippen molar-refractivity contribution in [1.29, 1.82) is 0 Å². The topological polar surface area (TPSA) is 43.4 Å². The highest BCUT2D eigenvalue weighted by molar-refractivity contribution is 9.10. The maximum absolute atomic E-state index is 11.9. The molecule has 0 atom stereocenters. The summed E-state index contributed by atoms with van der Waals surface area (Å²) in [5.41, 5.74) is 0. The van der Waals surface area contributed by atoms with Crippen LogP contribution in [0, 0.1) is 0 Å². The number of ether oxygens (including phenoxy) is 1. The van der Waals surface area contributed by atoms with E-state index in [-0.39, 0.29) is 23.7 Å². The van der Waals surface area contributed by atoms with Crippen molar-refractivity contribution in [3.8, 4) is 5.75 Å². The zero-order valence-electron chi connectivity index (χ0n) is 8.12. The Morgan fingerprint density at radius 1 is 1.44 bits per heavy atom. The molecule has 1 rings (SSSR count). The molecule has 16 heavy (non-hydrogen) atoms. The van der Waals surface area contributed by atoms with Gasteiger partial charge in [-0.3, -0.25) is 4.39 Å². The lowest BCUT2D eigenvalue weighted by molar-refractivity contribution is 0.283. The number of halogens is 3. The first kappa shape index (κ1) is 13.7. The molecule has 0 aliphatic carbocycles. The minimum absolute atomic E-state index is 0.109. The summed E-state index contributed by atoms with van der Waals surface area (Å²) in [6, 6.07) is 4.43. The number of hydrogen-bond donors (Lipinski definition) is 0. The van der Waals surface area contributed by atoms with Gasteiger partial charge in [0.1, 0.15) is 10.6 Å². The Kier molecular flexibility index (Phi) is 5.01. The summed E-state index contributed by atoms with van der Waals surface area (Å²) >= 11 is 3.13. The molecule has 0 unspecified atom stereocenters. The van der Waals surface area contributed by atoms with Gasteiger partial charge in [-0.05, 0) is 18.2 Å². The Balaban J connectivity index is 2.99.